The van der Waals surface area contributed by atoms with Crippen molar-refractivity contribution in [3.8, 4) is 0 Å². The molecule has 0 aliphatic carbocycles. The Balaban J connectivity index is 1.46. The third kappa shape index (κ3) is 7.39. The lowest BCUT2D eigenvalue weighted by Gasteiger charge is -2.34. The molecule has 0 bridgehead atoms. The van der Waals surface area contributed by atoms with Gasteiger partial charge in [0.05, 0.1) is 24.2 Å². The molecule has 2 amide bonds. The van der Waals surface area contributed by atoms with E-state index in [1.165, 1.54) is 30.5 Å². The maximum atomic E-state index is 12.8. The highest BCUT2D eigenvalue weighted by atomic mass is 32.2. The number of sulfonamides is 1. The largest absolute Gasteiger partial charge is 0.468 e. The van der Waals surface area contributed by atoms with E-state index >= 15 is 0 Å². The first kappa shape index (κ1) is 24.9. The number of furan rings is 1. The van der Waals surface area contributed by atoms with Crippen LogP contribution in [0.1, 0.15) is 22.5 Å². The number of nitrogens with zero attached hydrogens (tertiary/aromatic N) is 2. The Morgan fingerprint density at radius 1 is 1.09 bits per heavy atom. The van der Waals surface area contributed by atoms with Gasteiger partial charge in [-0.1, -0.05) is 0 Å². The smallest absolute Gasteiger partial charge is 0.253 e. The molecule has 0 unspecified atom stereocenters. The Morgan fingerprint density at radius 3 is 2.45 bits per heavy atom. The number of piperazine rings is 1. The molecule has 33 heavy (non-hydrogen) atoms. The van der Waals surface area contributed by atoms with Crippen molar-refractivity contribution in [3.05, 3.63) is 54.0 Å². The normalized spacial score (nSPS) is 14.9. The van der Waals surface area contributed by atoms with Gasteiger partial charge >= 0.3 is 0 Å². The minimum absolute atomic E-state index is 0.0386. The van der Waals surface area contributed by atoms with Crippen LogP contribution in [0.3, 0.4) is 0 Å². The molecule has 1 aliphatic rings. The highest BCUT2D eigenvalue weighted by molar-refractivity contribution is 7.89. The lowest BCUT2D eigenvalue weighted by Crippen LogP contribution is -2.51. The summed E-state index contributed by atoms with van der Waals surface area (Å²) in [4.78, 5) is 28.6. The zero-order chi connectivity index (χ0) is 23.7. The third-order valence-corrected chi connectivity index (χ3v) is 6.72. The number of carbonyl (C=O) groups excluding carboxylic acids is 2. The quantitative estimate of drug-likeness (QED) is 0.455. The Labute approximate surface area is 193 Å². The van der Waals surface area contributed by atoms with Gasteiger partial charge in [0, 0.05) is 52.0 Å². The average Bonchev–Trinajstić information content (AvgIpc) is 3.35. The van der Waals surface area contributed by atoms with E-state index in [0.29, 0.717) is 57.2 Å². The van der Waals surface area contributed by atoms with Crippen molar-refractivity contribution in [2.24, 2.45) is 0 Å². The molecule has 0 saturated carbocycles. The van der Waals surface area contributed by atoms with E-state index in [0.717, 1.165) is 6.42 Å². The average molecular weight is 479 g/mol. The Kier molecular flexibility index (Phi) is 9.01. The van der Waals surface area contributed by atoms with Gasteiger partial charge in [-0.3, -0.25) is 14.5 Å². The van der Waals surface area contributed by atoms with Crippen LogP contribution in [-0.4, -0.2) is 83.0 Å². The van der Waals surface area contributed by atoms with Crippen molar-refractivity contribution in [2.75, 3.05) is 53.0 Å². The van der Waals surface area contributed by atoms with E-state index in [9.17, 15) is 18.0 Å². The molecule has 11 heteroatoms. The summed E-state index contributed by atoms with van der Waals surface area (Å²) in [5.41, 5.74) is 0.421. The fourth-order valence-corrected chi connectivity index (χ4v) is 4.43. The van der Waals surface area contributed by atoms with Gasteiger partial charge in [-0.2, -0.15) is 0 Å². The zero-order valence-corrected chi connectivity index (χ0v) is 19.5. The monoisotopic (exact) mass is 478 g/mol. The highest BCUT2D eigenvalue weighted by Gasteiger charge is 2.24. The summed E-state index contributed by atoms with van der Waals surface area (Å²) in [6.07, 6.45) is 2.24. The minimum Gasteiger partial charge on any atom is -0.468 e. The van der Waals surface area contributed by atoms with Crippen molar-refractivity contribution >= 4 is 21.8 Å². The van der Waals surface area contributed by atoms with Crippen LogP contribution in [-0.2, 0) is 26.1 Å². The molecule has 1 aliphatic heterocycles. The number of rotatable bonds is 11. The van der Waals surface area contributed by atoms with Gasteiger partial charge in [-0.05, 0) is 42.8 Å². The molecule has 180 valence electrons. The molecule has 2 heterocycles. The van der Waals surface area contributed by atoms with Crippen molar-refractivity contribution in [1.29, 1.82) is 0 Å². The number of methoxy groups -OCH3 is 1. The zero-order valence-electron chi connectivity index (χ0n) is 18.7. The van der Waals surface area contributed by atoms with Crippen LogP contribution in [0.5, 0.6) is 0 Å². The summed E-state index contributed by atoms with van der Waals surface area (Å²) in [7, 11) is -2.09. The molecule has 1 aromatic carbocycles. The van der Waals surface area contributed by atoms with Gasteiger partial charge in [0.25, 0.3) is 5.91 Å². The fourth-order valence-electron chi connectivity index (χ4n) is 3.43. The van der Waals surface area contributed by atoms with E-state index in [-0.39, 0.29) is 23.3 Å². The first-order chi connectivity index (χ1) is 15.9. The number of ether oxygens (including phenoxy) is 1. The summed E-state index contributed by atoms with van der Waals surface area (Å²) >= 11 is 0. The van der Waals surface area contributed by atoms with E-state index in [1.807, 2.05) is 4.90 Å². The molecule has 1 aromatic heterocycles. The number of carbonyl (C=O) groups is 2. The van der Waals surface area contributed by atoms with E-state index < -0.39 is 10.0 Å². The fraction of sp³-hybridized carbons (Fsp3) is 0.455. The van der Waals surface area contributed by atoms with Crippen LogP contribution in [0.25, 0.3) is 0 Å². The van der Waals surface area contributed by atoms with Crippen LogP contribution in [0.2, 0.25) is 0 Å². The molecular weight excluding hydrogens is 448 g/mol. The predicted octanol–water partition coefficient (Wildman–Crippen LogP) is 0.669. The molecule has 2 N–H and O–H groups in total. The Bertz CT molecular complexity index is 1000. The number of hydrogen-bond acceptors (Lipinski definition) is 7. The third-order valence-electron chi connectivity index (χ3n) is 5.30. The molecule has 3 rings (SSSR count). The minimum atomic E-state index is -3.72. The topological polar surface area (TPSA) is 121 Å². The van der Waals surface area contributed by atoms with E-state index in [2.05, 4.69) is 10.0 Å². The van der Waals surface area contributed by atoms with E-state index in [4.69, 9.17) is 9.15 Å². The van der Waals surface area contributed by atoms with Gasteiger partial charge in [0.15, 0.2) is 0 Å². The highest BCUT2D eigenvalue weighted by Crippen LogP contribution is 2.14. The summed E-state index contributed by atoms with van der Waals surface area (Å²) < 4.78 is 37.4. The number of hydrogen-bond donors (Lipinski definition) is 2. The molecule has 2 aromatic rings. The van der Waals surface area contributed by atoms with E-state index in [1.54, 1.807) is 24.1 Å². The number of benzene rings is 1. The van der Waals surface area contributed by atoms with Crippen molar-refractivity contribution in [1.82, 2.24) is 19.8 Å². The maximum Gasteiger partial charge on any atom is 0.253 e. The molecule has 0 radical (unpaired) electrons. The SMILES string of the molecule is COCCCNC(=O)CN1CCN(C(=O)c2ccc(S(=O)(=O)NCc3ccco3)cc2)CC1. The van der Waals surface area contributed by atoms with Crippen LogP contribution in [0.15, 0.2) is 52.0 Å². The first-order valence-corrected chi connectivity index (χ1v) is 12.3. The molecular formula is C22H30N4O6S. The van der Waals surface area contributed by atoms with Crippen LogP contribution in [0.4, 0.5) is 0 Å². The predicted molar refractivity (Wildman–Crippen MR) is 121 cm³/mol. The van der Waals surface area contributed by atoms with Gasteiger partial charge in [-0.25, -0.2) is 13.1 Å². The second-order valence-electron chi connectivity index (χ2n) is 7.69. The van der Waals surface area contributed by atoms with Crippen molar-refractivity contribution < 1.29 is 27.2 Å². The summed E-state index contributed by atoms with van der Waals surface area (Å²) in [5, 5.41) is 2.86. The van der Waals surface area contributed by atoms with Gasteiger partial charge in [-0.15, -0.1) is 0 Å². The molecule has 0 atom stereocenters. The summed E-state index contributed by atoms with van der Waals surface area (Å²) in [6, 6.07) is 9.24. The lowest BCUT2D eigenvalue weighted by atomic mass is 10.2. The second kappa shape index (κ2) is 11.9. The Morgan fingerprint density at radius 2 is 1.82 bits per heavy atom. The van der Waals surface area contributed by atoms with Crippen LogP contribution < -0.4 is 10.0 Å². The van der Waals surface area contributed by atoms with Gasteiger partial charge in [0.2, 0.25) is 15.9 Å². The van der Waals surface area contributed by atoms with Crippen LogP contribution in [0, 0.1) is 0 Å². The Hall–Kier alpha value is -2.73. The van der Waals surface area contributed by atoms with Gasteiger partial charge in [0.1, 0.15) is 5.76 Å². The maximum absolute atomic E-state index is 12.8. The lowest BCUT2D eigenvalue weighted by molar-refractivity contribution is -0.122. The molecule has 1 saturated heterocycles. The molecule has 0 spiro atoms. The number of amides is 2. The van der Waals surface area contributed by atoms with Crippen molar-refractivity contribution in [2.45, 2.75) is 17.9 Å². The van der Waals surface area contributed by atoms with Gasteiger partial charge < -0.3 is 19.4 Å². The van der Waals surface area contributed by atoms with Crippen LogP contribution >= 0.6 is 0 Å². The molecule has 1 fully saturated rings. The summed E-state index contributed by atoms with van der Waals surface area (Å²) in [5.74, 6) is 0.308. The molecule has 10 nitrogen and oxygen atoms in total. The summed E-state index contributed by atoms with van der Waals surface area (Å²) in [6.45, 7) is 3.73. The number of nitrogens with one attached hydrogen (secondary N) is 2. The first-order valence-electron chi connectivity index (χ1n) is 10.8. The standard InChI is InChI=1S/C22H30N4O6S/c1-31-14-3-9-23-21(27)17-25-10-12-26(13-11-25)22(28)18-5-7-20(8-6-18)33(29,30)24-16-19-4-2-15-32-19/h2,4-8,15,24H,3,9-14,16-17H2,1H3,(H,23,27). The van der Waals surface area contributed by atoms with Crippen molar-refractivity contribution in [3.63, 3.8) is 0 Å². The second-order valence-corrected chi connectivity index (χ2v) is 9.46.